The first kappa shape index (κ1) is 17.3. The van der Waals surface area contributed by atoms with Crippen LogP contribution in [0.25, 0.3) is 0 Å². The maximum absolute atomic E-state index is 12.1. The first-order valence-electron chi connectivity index (χ1n) is 7.79. The van der Waals surface area contributed by atoms with Crippen molar-refractivity contribution in [1.82, 2.24) is 10.1 Å². The van der Waals surface area contributed by atoms with Crippen LogP contribution in [0.4, 0.5) is 17.2 Å². The van der Waals surface area contributed by atoms with E-state index < -0.39 is 0 Å². The molecule has 1 aromatic carbocycles. The lowest BCUT2D eigenvalue weighted by Gasteiger charge is -2.11. The summed E-state index contributed by atoms with van der Waals surface area (Å²) >= 11 is 0. The first-order chi connectivity index (χ1) is 12.6. The summed E-state index contributed by atoms with van der Waals surface area (Å²) in [6.07, 6.45) is 1.57. The average molecular weight is 354 g/mol. The predicted octanol–water partition coefficient (Wildman–Crippen LogP) is 3.39. The molecular weight excluding hydrogens is 336 g/mol. The van der Waals surface area contributed by atoms with Crippen molar-refractivity contribution in [3.8, 4) is 11.5 Å². The topological polar surface area (TPSA) is 98.5 Å². The van der Waals surface area contributed by atoms with Crippen LogP contribution in [0.2, 0.25) is 0 Å². The number of methoxy groups -OCH3 is 2. The molecule has 26 heavy (non-hydrogen) atoms. The Labute approximate surface area is 150 Å². The molecule has 0 spiro atoms. The van der Waals surface area contributed by atoms with E-state index in [-0.39, 0.29) is 11.6 Å². The van der Waals surface area contributed by atoms with Gasteiger partial charge in [-0.1, -0.05) is 5.16 Å². The van der Waals surface area contributed by atoms with E-state index in [1.165, 1.54) is 0 Å². The van der Waals surface area contributed by atoms with Gasteiger partial charge in [-0.05, 0) is 31.2 Å². The van der Waals surface area contributed by atoms with Crippen LogP contribution >= 0.6 is 0 Å². The van der Waals surface area contributed by atoms with Gasteiger partial charge in [0.15, 0.2) is 17.3 Å². The zero-order chi connectivity index (χ0) is 18.5. The number of aryl methyl sites for hydroxylation is 1. The van der Waals surface area contributed by atoms with E-state index in [0.717, 1.165) is 11.4 Å². The summed E-state index contributed by atoms with van der Waals surface area (Å²) in [5.74, 6) is 1.86. The summed E-state index contributed by atoms with van der Waals surface area (Å²) in [5.41, 5.74) is 1.80. The van der Waals surface area contributed by atoms with Crippen molar-refractivity contribution in [2.45, 2.75) is 6.92 Å². The Balaban J connectivity index is 1.68. The highest BCUT2D eigenvalue weighted by molar-refractivity contribution is 6.02. The molecule has 2 aromatic heterocycles. The van der Waals surface area contributed by atoms with Crippen molar-refractivity contribution in [3.63, 3.8) is 0 Å². The molecule has 0 bridgehead atoms. The largest absolute Gasteiger partial charge is 0.493 e. The van der Waals surface area contributed by atoms with Crippen LogP contribution in [-0.4, -0.2) is 30.3 Å². The summed E-state index contributed by atoms with van der Waals surface area (Å²) in [7, 11) is 3.16. The van der Waals surface area contributed by atoms with E-state index in [2.05, 4.69) is 20.8 Å². The number of hydrogen-bond acceptors (Lipinski definition) is 7. The predicted molar refractivity (Wildman–Crippen MR) is 96.3 cm³/mol. The zero-order valence-corrected chi connectivity index (χ0v) is 14.6. The van der Waals surface area contributed by atoms with Gasteiger partial charge in [-0.25, -0.2) is 4.98 Å². The van der Waals surface area contributed by atoms with Gasteiger partial charge in [-0.3, -0.25) is 4.79 Å². The van der Waals surface area contributed by atoms with E-state index in [1.54, 1.807) is 51.6 Å². The second-order valence-corrected chi connectivity index (χ2v) is 5.40. The Hall–Kier alpha value is -3.55. The standard InChI is InChI=1S/C18H18N4O4/c1-11-8-17(22-26-11)21-18(23)14-6-4-13(10-19-14)20-12-5-7-15(24-2)16(9-12)25-3/h4-10,20H,1-3H3,(H,21,22,23). The summed E-state index contributed by atoms with van der Waals surface area (Å²) < 4.78 is 15.4. The van der Waals surface area contributed by atoms with E-state index in [4.69, 9.17) is 14.0 Å². The van der Waals surface area contributed by atoms with Crippen LogP contribution in [-0.2, 0) is 0 Å². The lowest BCUT2D eigenvalue weighted by molar-refractivity contribution is 0.102. The zero-order valence-electron chi connectivity index (χ0n) is 14.6. The molecule has 0 saturated heterocycles. The molecule has 0 radical (unpaired) electrons. The Morgan fingerprint density at radius 2 is 1.81 bits per heavy atom. The van der Waals surface area contributed by atoms with E-state index in [0.29, 0.717) is 23.1 Å². The van der Waals surface area contributed by atoms with Crippen molar-refractivity contribution >= 4 is 23.1 Å². The van der Waals surface area contributed by atoms with E-state index in [9.17, 15) is 4.79 Å². The molecule has 3 rings (SSSR count). The number of nitrogens with zero attached hydrogens (tertiary/aromatic N) is 2. The number of carbonyl (C=O) groups excluding carboxylic acids is 1. The molecule has 0 aliphatic carbocycles. The number of benzene rings is 1. The number of ether oxygens (including phenoxy) is 2. The van der Waals surface area contributed by atoms with Crippen LogP contribution < -0.4 is 20.1 Å². The lowest BCUT2D eigenvalue weighted by atomic mass is 10.2. The highest BCUT2D eigenvalue weighted by atomic mass is 16.5. The fourth-order valence-corrected chi connectivity index (χ4v) is 2.29. The van der Waals surface area contributed by atoms with Gasteiger partial charge < -0.3 is 24.6 Å². The maximum atomic E-state index is 12.1. The van der Waals surface area contributed by atoms with Gasteiger partial charge in [0.25, 0.3) is 5.91 Å². The summed E-state index contributed by atoms with van der Waals surface area (Å²) in [4.78, 5) is 16.3. The molecule has 2 heterocycles. The van der Waals surface area contributed by atoms with Gasteiger partial charge in [-0.2, -0.15) is 0 Å². The molecule has 0 aliphatic heterocycles. The molecule has 0 saturated carbocycles. The second kappa shape index (κ2) is 7.56. The lowest BCUT2D eigenvalue weighted by Crippen LogP contribution is -2.13. The number of rotatable bonds is 6. The highest BCUT2D eigenvalue weighted by Gasteiger charge is 2.10. The summed E-state index contributed by atoms with van der Waals surface area (Å²) in [6.45, 7) is 1.75. The van der Waals surface area contributed by atoms with Gasteiger partial charge in [0.05, 0.1) is 26.1 Å². The van der Waals surface area contributed by atoms with Crippen LogP contribution in [0.1, 0.15) is 16.2 Å². The third-order valence-corrected chi connectivity index (χ3v) is 3.54. The van der Waals surface area contributed by atoms with Crippen molar-refractivity contribution in [2.75, 3.05) is 24.9 Å². The SMILES string of the molecule is COc1ccc(Nc2ccc(C(=O)Nc3cc(C)on3)nc2)cc1OC. The van der Waals surface area contributed by atoms with Gasteiger partial charge in [0.2, 0.25) is 0 Å². The van der Waals surface area contributed by atoms with E-state index >= 15 is 0 Å². The molecule has 2 N–H and O–H groups in total. The Kier molecular flexibility index (Phi) is 5.02. The minimum Gasteiger partial charge on any atom is -0.493 e. The highest BCUT2D eigenvalue weighted by Crippen LogP contribution is 2.31. The number of anilines is 3. The van der Waals surface area contributed by atoms with Gasteiger partial charge in [-0.15, -0.1) is 0 Å². The molecule has 0 atom stereocenters. The fourth-order valence-electron chi connectivity index (χ4n) is 2.29. The number of hydrogen-bond donors (Lipinski definition) is 2. The number of amides is 1. The normalized spacial score (nSPS) is 10.3. The number of carbonyl (C=O) groups is 1. The Morgan fingerprint density at radius 3 is 2.42 bits per heavy atom. The van der Waals surface area contributed by atoms with Crippen molar-refractivity contribution < 1.29 is 18.8 Å². The molecule has 0 aliphatic rings. The Morgan fingerprint density at radius 1 is 1.04 bits per heavy atom. The molecule has 8 nitrogen and oxygen atoms in total. The van der Waals surface area contributed by atoms with Gasteiger partial charge in [0, 0.05) is 17.8 Å². The first-order valence-corrected chi connectivity index (χ1v) is 7.79. The fraction of sp³-hybridized carbons (Fsp3) is 0.167. The van der Waals surface area contributed by atoms with Crippen molar-refractivity contribution in [1.29, 1.82) is 0 Å². The minimum atomic E-state index is -0.365. The van der Waals surface area contributed by atoms with Gasteiger partial charge in [0.1, 0.15) is 11.5 Å². The van der Waals surface area contributed by atoms with Crippen molar-refractivity contribution in [3.05, 3.63) is 54.0 Å². The monoisotopic (exact) mass is 354 g/mol. The molecule has 0 fully saturated rings. The number of pyridine rings is 1. The number of nitrogens with one attached hydrogen (secondary N) is 2. The molecule has 8 heteroatoms. The van der Waals surface area contributed by atoms with Crippen molar-refractivity contribution in [2.24, 2.45) is 0 Å². The minimum absolute atomic E-state index is 0.267. The van der Waals surface area contributed by atoms with Gasteiger partial charge >= 0.3 is 0 Å². The molecule has 134 valence electrons. The van der Waals surface area contributed by atoms with Crippen LogP contribution in [0.15, 0.2) is 47.1 Å². The molecule has 1 amide bonds. The quantitative estimate of drug-likeness (QED) is 0.700. The summed E-state index contributed by atoms with van der Waals surface area (Å²) in [5, 5.41) is 9.53. The smallest absolute Gasteiger partial charge is 0.275 e. The van der Waals surface area contributed by atoms with E-state index in [1.807, 2.05) is 12.1 Å². The maximum Gasteiger partial charge on any atom is 0.275 e. The molecule has 3 aromatic rings. The summed E-state index contributed by atoms with van der Waals surface area (Å²) in [6, 6.07) is 10.5. The molecule has 0 unspecified atom stereocenters. The van der Waals surface area contributed by atoms with Crippen LogP contribution in [0.5, 0.6) is 11.5 Å². The number of aromatic nitrogens is 2. The van der Waals surface area contributed by atoms with Crippen LogP contribution in [0, 0.1) is 6.92 Å². The third-order valence-electron chi connectivity index (χ3n) is 3.54. The average Bonchev–Trinajstić information content (AvgIpc) is 3.06. The second-order valence-electron chi connectivity index (χ2n) is 5.40. The third kappa shape index (κ3) is 3.92. The molecular formula is C18H18N4O4. The Bertz CT molecular complexity index is 906. The van der Waals surface area contributed by atoms with Crippen LogP contribution in [0.3, 0.4) is 0 Å².